The second-order valence-corrected chi connectivity index (χ2v) is 5.19. The lowest BCUT2D eigenvalue weighted by Gasteiger charge is -2.08. The Kier molecular flexibility index (Phi) is 4.06. The van der Waals surface area contributed by atoms with E-state index >= 15 is 0 Å². The van der Waals surface area contributed by atoms with Crippen LogP contribution < -0.4 is 14.8 Å². The molecule has 0 spiro atoms. The molecule has 1 aliphatic rings. The molecule has 21 heavy (non-hydrogen) atoms. The van der Waals surface area contributed by atoms with Crippen LogP contribution in [-0.4, -0.2) is 13.3 Å². The minimum Gasteiger partial charge on any atom is -0.454 e. The molecule has 1 N–H and O–H groups in total. The van der Waals surface area contributed by atoms with Crippen LogP contribution in [0.3, 0.4) is 0 Å². The summed E-state index contributed by atoms with van der Waals surface area (Å²) in [7, 11) is 0. The number of benzene rings is 2. The molecule has 4 heteroatoms. The quantitative estimate of drug-likeness (QED) is 0.857. The Bertz CT molecular complexity index is 643. The summed E-state index contributed by atoms with van der Waals surface area (Å²) in [5.41, 5.74) is 3.34. The Hall–Kier alpha value is -2.07. The van der Waals surface area contributed by atoms with Gasteiger partial charge in [0, 0.05) is 6.54 Å². The average Bonchev–Trinajstić information content (AvgIpc) is 2.93. The second kappa shape index (κ2) is 6.14. The molecule has 3 nitrogen and oxygen atoms in total. The van der Waals surface area contributed by atoms with Crippen molar-refractivity contribution >= 4 is 0 Å². The Morgan fingerprint density at radius 3 is 2.81 bits per heavy atom. The van der Waals surface area contributed by atoms with Gasteiger partial charge in [0.2, 0.25) is 6.79 Å². The van der Waals surface area contributed by atoms with E-state index in [1.165, 1.54) is 11.6 Å². The molecule has 0 bridgehead atoms. The third-order valence-corrected chi connectivity index (χ3v) is 3.64. The molecule has 0 amide bonds. The normalized spacial score (nSPS) is 12.7. The summed E-state index contributed by atoms with van der Waals surface area (Å²) in [6, 6.07) is 10.9. The van der Waals surface area contributed by atoms with E-state index in [9.17, 15) is 4.39 Å². The van der Waals surface area contributed by atoms with Gasteiger partial charge in [0.05, 0.1) is 0 Å². The first-order valence-corrected chi connectivity index (χ1v) is 7.06. The fourth-order valence-electron chi connectivity index (χ4n) is 2.45. The zero-order valence-corrected chi connectivity index (χ0v) is 12.0. The smallest absolute Gasteiger partial charge is 0.231 e. The van der Waals surface area contributed by atoms with Crippen LogP contribution in [0, 0.1) is 12.7 Å². The standard InChI is InChI=1S/C17H18FNO2/c1-12-8-15(18)4-3-14(12)6-7-19-10-13-2-5-16-17(9-13)21-11-20-16/h2-5,8-9,19H,6-7,10-11H2,1H3. The van der Waals surface area contributed by atoms with E-state index in [1.54, 1.807) is 6.07 Å². The average molecular weight is 287 g/mol. The van der Waals surface area contributed by atoms with E-state index in [2.05, 4.69) is 5.32 Å². The van der Waals surface area contributed by atoms with Crippen LogP contribution in [0.15, 0.2) is 36.4 Å². The van der Waals surface area contributed by atoms with Gasteiger partial charge in [-0.25, -0.2) is 4.39 Å². The van der Waals surface area contributed by atoms with E-state index in [0.29, 0.717) is 6.79 Å². The molecule has 3 rings (SSSR count). The lowest BCUT2D eigenvalue weighted by Crippen LogP contribution is -2.17. The SMILES string of the molecule is Cc1cc(F)ccc1CCNCc1ccc2c(c1)OCO2. The molecule has 0 radical (unpaired) electrons. The molecule has 0 saturated heterocycles. The van der Waals surface area contributed by atoms with Crippen molar-refractivity contribution in [2.45, 2.75) is 19.9 Å². The van der Waals surface area contributed by atoms with Gasteiger partial charge >= 0.3 is 0 Å². The second-order valence-electron chi connectivity index (χ2n) is 5.19. The predicted octanol–water partition coefficient (Wildman–Crippen LogP) is 3.20. The van der Waals surface area contributed by atoms with Crippen LogP contribution in [0.2, 0.25) is 0 Å². The molecule has 1 aliphatic heterocycles. The molecule has 1 heterocycles. The van der Waals surface area contributed by atoms with Crippen molar-refractivity contribution in [3.8, 4) is 11.5 Å². The molecule has 0 unspecified atom stereocenters. The van der Waals surface area contributed by atoms with Gasteiger partial charge in [-0.15, -0.1) is 0 Å². The number of hydrogen-bond acceptors (Lipinski definition) is 3. The van der Waals surface area contributed by atoms with Gasteiger partial charge in [0.1, 0.15) is 5.82 Å². The summed E-state index contributed by atoms with van der Waals surface area (Å²) in [6.45, 7) is 3.87. The van der Waals surface area contributed by atoms with Crippen LogP contribution >= 0.6 is 0 Å². The van der Waals surface area contributed by atoms with Gasteiger partial charge in [-0.05, 0) is 60.8 Å². The van der Waals surface area contributed by atoms with Crippen LogP contribution in [-0.2, 0) is 13.0 Å². The van der Waals surface area contributed by atoms with Crippen molar-refractivity contribution in [3.63, 3.8) is 0 Å². The van der Waals surface area contributed by atoms with E-state index in [0.717, 1.165) is 42.1 Å². The Labute approximate surface area is 123 Å². The van der Waals surface area contributed by atoms with Crippen LogP contribution in [0.4, 0.5) is 4.39 Å². The summed E-state index contributed by atoms with van der Waals surface area (Å²) >= 11 is 0. The van der Waals surface area contributed by atoms with Crippen molar-refractivity contribution < 1.29 is 13.9 Å². The molecule has 0 aromatic heterocycles. The number of halogens is 1. The van der Waals surface area contributed by atoms with Gasteiger partial charge in [-0.1, -0.05) is 12.1 Å². The highest BCUT2D eigenvalue weighted by Gasteiger charge is 2.12. The molecular weight excluding hydrogens is 269 g/mol. The molecule has 110 valence electrons. The van der Waals surface area contributed by atoms with E-state index in [1.807, 2.05) is 31.2 Å². The Morgan fingerprint density at radius 2 is 1.95 bits per heavy atom. The van der Waals surface area contributed by atoms with E-state index in [-0.39, 0.29) is 5.82 Å². The minimum absolute atomic E-state index is 0.176. The minimum atomic E-state index is -0.176. The largest absolute Gasteiger partial charge is 0.454 e. The molecular formula is C17H18FNO2. The molecule has 2 aromatic carbocycles. The fraction of sp³-hybridized carbons (Fsp3) is 0.294. The first kappa shape index (κ1) is 13.9. The van der Waals surface area contributed by atoms with E-state index in [4.69, 9.17) is 9.47 Å². The fourth-order valence-corrected chi connectivity index (χ4v) is 2.45. The van der Waals surface area contributed by atoms with Crippen molar-refractivity contribution in [3.05, 3.63) is 58.9 Å². The maximum atomic E-state index is 13.0. The van der Waals surface area contributed by atoms with Gasteiger partial charge in [0.25, 0.3) is 0 Å². The zero-order chi connectivity index (χ0) is 14.7. The molecule has 0 atom stereocenters. The van der Waals surface area contributed by atoms with Crippen molar-refractivity contribution in [2.24, 2.45) is 0 Å². The first-order valence-electron chi connectivity index (χ1n) is 7.06. The number of fused-ring (bicyclic) bond motifs is 1. The summed E-state index contributed by atoms with van der Waals surface area (Å²) in [5, 5.41) is 3.39. The van der Waals surface area contributed by atoms with Crippen LogP contribution in [0.25, 0.3) is 0 Å². The topological polar surface area (TPSA) is 30.5 Å². The van der Waals surface area contributed by atoms with E-state index < -0.39 is 0 Å². The maximum Gasteiger partial charge on any atom is 0.231 e. The highest BCUT2D eigenvalue weighted by atomic mass is 19.1. The lowest BCUT2D eigenvalue weighted by atomic mass is 10.1. The summed E-state index contributed by atoms with van der Waals surface area (Å²) < 4.78 is 23.7. The predicted molar refractivity (Wildman–Crippen MR) is 79.1 cm³/mol. The monoisotopic (exact) mass is 287 g/mol. The van der Waals surface area contributed by atoms with Crippen LogP contribution in [0.5, 0.6) is 11.5 Å². The third-order valence-electron chi connectivity index (χ3n) is 3.64. The van der Waals surface area contributed by atoms with Crippen LogP contribution in [0.1, 0.15) is 16.7 Å². The Morgan fingerprint density at radius 1 is 1.10 bits per heavy atom. The number of ether oxygens (including phenoxy) is 2. The Balaban J connectivity index is 1.50. The molecule has 2 aromatic rings. The van der Waals surface area contributed by atoms with Gasteiger partial charge < -0.3 is 14.8 Å². The molecule has 0 fully saturated rings. The maximum absolute atomic E-state index is 13.0. The highest BCUT2D eigenvalue weighted by molar-refractivity contribution is 5.44. The third kappa shape index (κ3) is 3.34. The summed E-state index contributed by atoms with van der Waals surface area (Å²) in [5.74, 6) is 1.44. The summed E-state index contributed by atoms with van der Waals surface area (Å²) in [6.07, 6.45) is 0.886. The van der Waals surface area contributed by atoms with Crippen molar-refractivity contribution in [1.29, 1.82) is 0 Å². The van der Waals surface area contributed by atoms with Gasteiger partial charge in [0.15, 0.2) is 11.5 Å². The summed E-state index contributed by atoms with van der Waals surface area (Å²) in [4.78, 5) is 0. The number of aryl methyl sites for hydroxylation is 1. The number of nitrogens with one attached hydrogen (secondary N) is 1. The zero-order valence-electron chi connectivity index (χ0n) is 12.0. The lowest BCUT2D eigenvalue weighted by molar-refractivity contribution is 0.174. The van der Waals surface area contributed by atoms with Gasteiger partial charge in [-0.2, -0.15) is 0 Å². The van der Waals surface area contributed by atoms with Gasteiger partial charge in [-0.3, -0.25) is 0 Å². The molecule has 0 aliphatic carbocycles. The first-order chi connectivity index (χ1) is 10.2. The van der Waals surface area contributed by atoms with Crippen molar-refractivity contribution in [2.75, 3.05) is 13.3 Å². The number of rotatable bonds is 5. The van der Waals surface area contributed by atoms with Crippen molar-refractivity contribution in [1.82, 2.24) is 5.32 Å². The molecule has 0 saturated carbocycles. The number of hydrogen-bond donors (Lipinski definition) is 1. The highest BCUT2D eigenvalue weighted by Crippen LogP contribution is 2.32.